The second kappa shape index (κ2) is 10.5. The average molecular weight is 571 g/mol. The van der Waals surface area contributed by atoms with Crippen molar-refractivity contribution in [2.75, 3.05) is 19.7 Å². The van der Waals surface area contributed by atoms with Gasteiger partial charge in [-0.05, 0) is 53.0 Å². The maximum atomic E-state index is 13.1. The van der Waals surface area contributed by atoms with E-state index >= 15 is 0 Å². The molecular weight excluding hydrogens is 532 g/mol. The summed E-state index contributed by atoms with van der Waals surface area (Å²) < 4.78 is 68.2. The molecular formula is C26H38N2O10S. The number of ether oxygens (including phenoxy) is 6. The second-order valence-corrected chi connectivity index (χ2v) is 13.2. The number of benzene rings is 1. The standard InChI is InChI=1S/C26H38N2O10S/c1-24(2)35-19-18(34-22-21(20(19)36-24)37-25(3,4)38-22)16-33-39(30,31)28-13-11-26(5,12-14-28)27-23(29)32-15-17-9-7-6-8-10-17/h6-10,18-22H,11-16H2,1-5H3,(H,27,29)/t18-,19+,20+,21-,22-/m1/s1. The lowest BCUT2D eigenvalue weighted by molar-refractivity contribution is -0.238. The van der Waals surface area contributed by atoms with E-state index in [1.54, 1.807) is 27.7 Å². The highest BCUT2D eigenvalue weighted by atomic mass is 32.2. The summed E-state index contributed by atoms with van der Waals surface area (Å²) in [6, 6.07) is 9.38. The van der Waals surface area contributed by atoms with Gasteiger partial charge in [-0.2, -0.15) is 12.7 Å². The molecule has 4 saturated heterocycles. The van der Waals surface area contributed by atoms with E-state index in [1.165, 1.54) is 4.31 Å². The molecule has 4 aliphatic heterocycles. The van der Waals surface area contributed by atoms with Crippen LogP contribution in [0, 0.1) is 0 Å². The fourth-order valence-electron chi connectivity index (χ4n) is 5.39. The number of fused-ring (bicyclic) bond motifs is 3. The Morgan fingerprint density at radius 2 is 1.56 bits per heavy atom. The number of hydrogen-bond acceptors (Lipinski definition) is 10. The van der Waals surface area contributed by atoms with Crippen LogP contribution in [0.3, 0.4) is 0 Å². The van der Waals surface area contributed by atoms with Crippen LogP contribution in [0.1, 0.15) is 53.0 Å². The minimum absolute atomic E-state index is 0.157. The van der Waals surface area contributed by atoms with Crippen LogP contribution in [0.25, 0.3) is 0 Å². The summed E-state index contributed by atoms with van der Waals surface area (Å²) in [6.07, 6.45) is -2.83. The SMILES string of the molecule is CC1(NC(=O)OCc2ccccc2)CCN(S(=O)(=O)OC[C@H]2O[C@@H]3OC(C)(C)O[C@@H]3[C@H]3OC(C)(C)O[C@H]32)CC1. The summed E-state index contributed by atoms with van der Waals surface area (Å²) in [5, 5.41) is 2.88. The Morgan fingerprint density at radius 1 is 0.949 bits per heavy atom. The molecule has 0 unspecified atom stereocenters. The summed E-state index contributed by atoms with van der Waals surface area (Å²) in [6.45, 7) is 9.25. The van der Waals surface area contributed by atoms with E-state index < -0.39 is 64.2 Å². The fraction of sp³-hybridized carbons (Fsp3) is 0.731. The first-order chi connectivity index (χ1) is 18.2. The largest absolute Gasteiger partial charge is 0.445 e. The molecule has 13 heteroatoms. The Kier molecular flexibility index (Phi) is 7.74. The van der Waals surface area contributed by atoms with Crippen molar-refractivity contribution in [3.63, 3.8) is 0 Å². The van der Waals surface area contributed by atoms with E-state index in [-0.39, 0.29) is 26.3 Å². The zero-order valence-corrected chi connectivity index (χ0v) is 23.8. The summed E-state index contributed by atoms with van der Waals surface area (Å²) in [7, 11) is -4.07. The first-order valence-electron chi connectivity index (χ1n) is 13.2. The van der Waals surface area contributed by atoms with Crippen molar-refractivity contribution in [1.82, 2.24) is 9.62 Å². The van der Waals surface area contributed by atoms with Gasteiger partial charge in [0.25, 0.3) is 0 Å². The predicted octanol–water partition coefficient (Wildman–Crippen LogP) is 2.43. The summed E-state index contributed by atoms with van der Waals surface area (Å²) in [4.78, 5) is 12.4. The number of amides is 1. The lowest BCUT2D eigenvalue weighted by Gasteiger charge is -2.39. The molecule has 0 saturated carbocycles. The van der Waals surface area contributed by atoms with Gasteiger partial charge in [-0.3, -0.25) is 4.18 Å². The lowest BCUT2D eigenvalue weighted by atomic mass is 9.91. The van der Waals surface area contributed by atoms with Crippen molar-refractivity contribution in [2.45, 2.75) is 102 Å². The number of piperidine rings is 1. The molecule has 4 heterocycles. The molecule has 4 fully saturated rings. The molecule has 4 aliphatic rings. The molecule has 1 amide bonds. The first-order valence-corrected chi connectivity index (χ1v) is 14.6. The highest BCUT2D eigenvalue weighted by Crippen LogP contribution is 2.44. The van der Waals surface area contributed by atoms with Gasteiger partial charge in [0.1, 0.15) is 31.0 Å². The molecule has 0 radical (unpaired) electrons. The van der Waals surface area contributed by atoms with Gasteiger partial charge >= 0.3 is 16.4 Å². The second-order valence-electron chi connectivity index (χ2n) is 11.6. The van der Waals surface area contributed by atoms with Crippen LogP contribution in [0.15, 0.2) is 30.3 Å². The third-order valence-electron chi connectivity index (χ3n) is 7.39. The first kappa shape index (κ1) is 28.7. The Hall–Kier alpha value is -1.84. The number of hydrogen-bond donors (Lipinski definition) is 1. The minimum atomic E-state index is -4.07. The third-order valence-corrected chi connectivity index (χ3v) is 8.82. The van der Waals surface area contributed by atoms with E-state index in [0.717, 1.165) is 5.56 Å². The van der Waals surface area contributed by atoms with Gasteiger partial charge < -0.3 is 33.7 Å². The lowest BCUT2D eigenvalue weighted by Crippen LogP contribution is -2.57. The van der Waals surface area contributed by atoms with E-state index in [1.807, 2.05) is 37.3 Å². The number of alkyl carbamates (subject to hydrolysis) is 1. The molecule has 0 aromatic heterocycles. The van der Waals surface area contributed by atoms with Crippen molar-refractivity contribution in [3.05, 3.63) is 35.9 Å². The highest BCUT2D eigenvalue weighted by Gasteiger charge is 2.61. The zero-order chi connectivity index (χ0) is 28.1. The quantitative estimate of drug-likeness (QED) is 0.521. The molecule has 218 valence electrons. The Balaban J connectivity index is 1.13. The molecule has 5 atom stereocenters. The Bertz CT molecular complexity index is 1140. The number of nitrogens with one attached hydrogen (secondary N) is 1. The summed E-state index contributed by atoms with van der Waals surface area (Å²) >= 11 is 0. The topological polar surface area (TPSA) is 131 Å². The molecule has 0 bridgehead atoms. The predicted molar refractivity (Wildman–Crippen MR) is 136 cm³/mol. The summed E-state index contributed by atoms with van der Waals surface area (Å²) in [5.74, 6) is -1.77. The van der Waals surface area contributed by atoms with Crippen LogP contribution >= 0.6 is 0 Å². The van der Waals surface area contributed by atoms with Gasteiger partial charge in [0, 0.05) is 18.6 Å². The summed E-state index contributed by atoms with van der Waals surface area (Å²) in [5.41, 5.74) is 0.273. The number of carbonyl (C=O) groups is 1. The normalized spacial score (nSPS) is 33.2. The van der Waals surface area contributed by atoms with Gasteiger partial charge in [-0.1, -0.05) is 30.3 Å². The van der Waals surface area contributed by atoms with E-state index in [2.05, 4.69) is 5.32 Å². The van der Waals surface area contributed by atoms with Crippen LogP contribution < -0.4 is 5.32 Å². The van der Waals surface area contributed by atoms with Crippen LogP contribution in [0.5, 0.6) is 0 Å². The van der Waals surface area contributed by atoms with E-state index in [0.29, 0.717) is 12.8 Å². The Morgan fingerprint density at radius 3 is 2.26 bits per heavy atom. The van der Waals surface area contributed by atoms with Crippen LogP contribution in [0.2, 0.25) is 0 Å². The van der Waals surface area contributed by atoms with Crippen molar-refractivity contribution in [3.8, 4) is 0 Å². The fourth-order valence-corrected chi connectivity index (χ4v) is 6.47. The molecule has 1 aromatic rings. The Labute approximate surface area is 229 Å². The molecule has 1 N–H and O–H groups in total. The maximum Gasteiger partial charge on any atom is 0.407 e. The molecule has 0 spiro atoms. The highest BCUT2D eigenvalue weighted by molar-refractivity contribution is 7.84. The van der Waals surface area contributed by atoms with Crippen molar-refractivity contribution < 1.29 is 45.8 Å². The smallest absolute Gasteiger partial charge is 0.407 e. The van der Waals surface area contributed by atoms with E-state index in [4.69, 9.17) is 32.6 Å². The van der Waals surface area contributed by atoms with Gasteiger partial charge in [-0.25, -0.2) is 4.79 Å². The van der Waals surface area contributed by atoms with Crippen molar-refractivity contribution in [1.29, 1.82) is 0 Å². The molecule has 0 aliphatic carbocycles. The van der Waals surface area contributed by atoms with Crippen LogP contribution in [0.4, 0.5) is 4.79 Å². The molecule has 12 nitrogen and oxygen atoms in total. The van der Waals surface area contributed by atoms with Gasteiger partial charge in [-0.15, -0.1) is 0 Å². The number of carbonyl (C=O) groups excluding carboxylic acids is 1. The maximum absolute atomic E-state index is 13.1. The van der Waals surface area contributed by atoms with E-state index in [9.17, 15) is 13.2 Å². The third kappa shape index (κ3) is 6.57. The monoisotopic (exact) mass is 570 g/mol. The molecule has 1 aromatic carbocycles. The number of nitrogens with zero attached hydrogens (tertiary/aromatic N) is 1. The van der Waals surface area contributed by atoms with Crippen molar-refractivity contribution in [2.24, 2.45) is 0 Å². The number of rotatable bonds is 7. The average Bonchev–Trinajstić information content (AvgIpc) is 3.35. The van der Waals surface area contributed by atoms with Gasteiger partial charge in [0.05, 0.1) is 6.61 Å². The zero-order valence-electron chi connectivity index (χ0n) is 23.0. The van der Waals surface area contributed by atoms with Gasteiger partial charge in [0.2, 0.25) is 0 Å². The van der Waals surface area contributed by atoms with Crippen LogP contribution in [-0.4, -0.2) is 86.3 Å². The van der Waals surface area contributed by atoms with Gasteiger partial charge in [0.15, 0.2) is 17.9 Å². The van der Waals surface area contributed by atoms with Crippen LogP contribution in [-0.2, 0) is 49.5 Å². The minimum Gasteiger partial charge on any atom is -0.445 e. The molecule has 5 rings (SSSR count). The van der Waals surface area contributed by atoms with Crippen molar-refractivity contribution >= 4 is 16.4 Å². The molecule has 39 heavy (non-hydrogen) atoms.